The zero-order chi connectivity index (χ0) is 13.6. The van der Waals surface area contributed by atoms with Crippen LogP contribution in [0.1, 0.15) is 33.6 Å². The van der Waals surface area contributed by atoms with Gasteiger partial charge in [0.25, 0.3) is 0 Å². The number of esters is 1. The van der Waals surface area contributed by atoms with Gasteiger partial charge in [0.2, 0.25) is 11.8 Å². The number of amides is 2. The van der Waals surface area contributed by atoms with Gasteiger partial charge in [-0.1, -0.05) is 0 Å². The number of primary amides is 1. The van der Waals surface area contributed by atoms with Gasteiger partial charge in [-0.05, 0) is 20.8 Å². The van der Waals surface area contributed by atoms with Gasteiger partial charge < -0.3 is 15.4 Å². The van der Waals surface area contributed by atoms with E-state index in [2.05, 4.69) is 0 Å². The average molecular weight is 244 g/mol. The molecular weight excluding hydrogens is 224 g/mol. The highest BCUT2D eigenvalue weighted by molar-refractivity contribution is 5.85. The lowest BCUT2D eigenvalue weighted by Crippen LogP contribution is -2.35. The monoisotopic (exact) mass is 244 g/mol. The molecule has 17 heavy (non-hydrogen) atoms. The molecule has 0 saturated carbocycles. The Balaban J connectivity index is 4.00. The summed E-state index contributed by atoms with van der Waals surface area (Å²) in [5.74, 6) is -1.33. The molecule has 0 aromatic rings. The first-order valence-electron chi connectivity index (χ1n) is 5.36. The fourth-order valence-corrected chi connectivity index (χ4v) is 1.11. The van der Waals surface area contributed by atoms with Crippen LogP contribution in [0.4, 0.5) is 0 Å². The molecule has 0 saturated heterocycles. The summed E-state index contributed by atoms with van der Waals surface area (Å²) < 4.78 is 5.05. The molecule has 0 fully saturated rings. The lowest BCUT2D eigenvalue weighted by molar-refractivity contribution is -0.156. The second-order valence-corrected chi connectivity index (χ2v) is 4.80. The Morgan fingerprint density at radius 2 is 1.71 bits per heavy atom. The van der Waals surface area contributed by atoms with Crippen LogP contribution in [0.3, 0.4) is 0 Å². The first-order chi connectivity index (χ1) is 7.61. The van der Waals surface area contributed by atoms with Crippen LogP contribution in [0.25, 0.3) is 0 Å². The molecule has 0 aromatic heterocycles. The molecule has 0 aliphatic carbocycles. The van der Waals surface area contributed by atoms with Gasteiger partial charge in [0.1, 0.15) is 5.60 Å². The van der Waals surface area contributed by atoms with Crippen molar-refractivity contribution in [2.75, 3.05) is 13.6 Å². The van der Waals surface area contributed by atoms with Crippen LogP contribution >= 0.6 is 0 Å². The smallest absolute Gasteiger partial charge is 0.306 e. The van der Waals surface area contributed by atoms with Crippen LogP contribution in [0, 0.1) is 0 Å². The van der Waals surface area contributed by atoms with E-state index in [0.717, 1.165) is 0 Å². The second-order valence-electron chi connectivity index (χ2n) is 4.80. The predicted molar refractivity (Wildman–Crippen MR) is 61.9 cm³/mol. The van der Waals surface area contributed by atoms with Crippen LogP contribution in [-0.4, -0.2) is 41.9 Å². The minimum atomic E-state index is -0.585. The normalized spacial score (nSPS) is 10.8. The minimum Gasteiger partial charge on any atom is -0.460 e. The summed E-state index contributed by atoms with van der Waals surface area (Å²) in [4.78, 5) is 34.5. The molecule has 0 unspecified atom stereocenters. The van der Waals surface area contributed by atoms with Crippen molar-refractivity contribution >= 4 is 17.8 Å². The van der Waals surface area contributed by atoms with Crippen molar-refractivity contribution in [3.05, 3.63) is 0 Å². The maximum atomic E-state index is 11.5. The van der Waals surface area contributed by atoms with E-state index in [1.54, 1.807) is 20.8 Å². The van der Waals surface area contributed by atoms with Crippen molar-refractivity contribution in [3.63, 3.8) is 0 Å². The molecule has 0 radical (unpaired) electrons. The number of hydrogen-bond donors (Lipinski definition) is 1. The highest BCUT2D eigenvalue weighted by Gasteiger charge is 2.18. The van der Waals surface area contributed by atoms with Crippen molar-refractivity contribution in [2.24, 2.45) is 5.73 Å². The van der Waals surface area contributed by atoms with Gasteiger partial charge in [-0.25, -0.2) is 0 Å². The summed E-state index contributed by atoms with van der Waals surface area (Å²) in [7, 11) is 1.46. The largest absolute Gasteiger partial charge is 0.460 e. The van der Waals surface area contributed by atoms with Crippen molar-refractivity contribution in [3.8, 4) is 0 Å². The molecule has 2 N–H and O–H groups in total. The molecule has 0 heterocycles. The van der Waals surface area contributed by atoms with E-state index in [4.69, 9.17) is 10.5 Å². The molecule has 6 nitrogen and oxygen atoms in total. The maximum Gasteiger partial charge on any atom is 0.306 e. The third-order valence-corrected chi connectivity index (χ3v) is 1.78. The number of carbonyl (C=O) groups is 3. The Labute approximate surface area is 101 Å². The van der Waals surface area contributed by atoms with Gasteiger partial charge in [0.15, 0.2) is 0 Å². The van der Waals surface area contributed by atoms with Crippen molar-refractivity contribution in [1.29, 1.82) is 0 Å². The molecule has 6 heteroatoms. The summed E-state index contributed by atoms with van der Waals surface area (Å²) in [6.45, 7) is 5.12. The molecule has 0 aromatic carbocycles. The Morgan fingerprint density at radius 3 is 2.12 bits per heavy atom. The van der Waals surface area contributed by atoms with Crippen molar-refractivity contribution in [2.45, 2.75) is 39.2 Å². The lowest BCUT2D eigenvalue weighted by Gasteiger charge is -2.20. The number of nitrogens with zero attached hydrogens (tertiary/aromatic N) is 1. The Hall–Kier alpha value is -1.59. The van der Waals surface area contributed by atoms with Crippen LogP contribution < -0.4 is 5.73 Å². The zero-order valence-corrected chi connectivity index (χ0v) is 10.8. The molecule has 0 bridgehead atoms. The number of carbonyl (C=O) groups excluding carboxylic acids is 3. The number of ether oxygens (including phenoxy) is 1. The number of likely N-dealkylation sites (N-methyl/N-ethyl adjacent to an activating group) is 1. The fourth-order valence-electron chi connectivity index (χ4n) is 1.11. The SMILES string of the molecule is CN(CC(N)=O)C(=O)CCC(=O)OC(C)(C)C. The first kappa shape index (κ1) is 15.4. The Morgan fingerprint density at radius 1 is 1.18 bits per heavy atom. The van der Waals surface area contributed by atoms with Crippen LogP contribution in [-0.2, 0) is 19.1 Å². The number of rotatable bonds is 5. The minimum absolute atomic E-state index is 0.000788. The Kier molecular flexibility index (Phi) is 5.64. The van der Waals surface area contributed by atoms with Gasteiger partial charge >= 0.3 is 5.97 Å². The summed E-state index contributed by atoms with van der Waals surface area (Å²) in [6, 6.07) is 0. The second kappa shape index (κ2) is 6.22. The summed E-state index contributed by atoms with van der Waals surface area (Å²) in [6.07, 6.45) is 0.0118. The molecule has 0 aliphatic rings. The van der Waals surface area contributed by atoms with Gasteiger partial charge in [0, 0.05) is 13.5 Å². The third kappa shape index (κ3) is 8.24. The molecular formula is C11H20N2O4. The molecule has 0 aliphatic heterocycles. The van der Waals surface area contributed by atoms with E-state index in [1.807, 2.05) is 0 Å². The van der Waals surface area contributed by atoms with Crippen LogP contribution in [0.5, 0.6) is 0 Å². The maximum absolute atomic E-state index is 11.5. The summed E-state index contributed by atoms with van der Waals surface area (Å²) in [5.41, 5.74) is 4.39. The predicted octanol–water partition coefficient (Wildman–Crippen LogP) is 0.0520. The van der Waals surface area contributed by atoms with E-state index in [9.17, 15) is 14.4 Å². The van der Waals surface area contributed by atoms with Crippen LogP contribution in [0.2, 0.25) is 0 Å². The zero-order valence-electron chi connectivity index (χ0n) is 10.8. The highest BCUT2D eigenvalue weighted by atomic mass is 16.6. The topological polar surface area (TPSA) is 89.7 Å². The van der Waals surface area contributed by atoms with Gasteiger partial charge in [0.05, 0.1) is 13.0 Å². The number of hydrogen-bond acceptors (Lipinski definition) is 4. The lowest BCUT2D eigenvalue weighted by atomic mass is 10.2. The Bertz CT molecular complexity index is 307. The van der Waals surface area contributed by atoms with E-state index < -0.39 is 17.5 Å². The van der Waals surface area contributed by atoms with Gasteiger partial charge in [-0.3, -0.25) is 14.4 Å². The standard InChI is InChI=1S/C11H20N2O4/c1-11(2,3)17-10(16)6-5-9(15)13(4)7-8(12)14/h5-7H2,1-4H3,(H2,12,14). The quantitative estimate of drug-likeness (QED) is 0.692. The van der Waals surface area contributed by atoms with Crippen LogP contribution in [0.15, 0.2) is 0 Å². The summed E-state index contributed by atoms with van der Waals surface area (Å²) in [5, 5.41) is 0. The third-order valence-electron chi connectivity index (χ3n) is 1.78. The molecule has 0 rings (SSSR count). The summed E-state index contributed by atoms with van der Waals surface area (Å²) >= 11 is 0. The average Bonchev–Trinajstić information content (AvgIpc) is 2.10. The van der Waals surface area contributed by atoms with Gasteiger partial charge in [-0.15, -0.1) is 0 Å². The van der Waals surface area contributed by atoms with Gasteiger partial charge in [-0.2, -0.15) is 0 Å². The van der Waals surface area contributed by atoms with E-state index in [-0.39, 0.29) is 25.3 Å². The van der Waals surface area contributed by atoms with Crippen molar-refractivity contribution in [1.82, 2.24) is 4.90 Å². The molecule has 0 spiro atoms. The molecule has 0 atom stereocenters. The molecule has 2 amide bonds. The fraction of sp³-hybridized carbons (Fsp3) is 0.727. The van der Waals surface area contributed by atoms with E-state index in [0.29, 0.717) is 0 Å². The van der Waals surface area contributed by atoms with E-state index >= 15 is 0 Å². The first-order valence-corrected chi connectivity index (χ1v) is 5.36. The van der Waals surface area contributed by atoms with Crippen molar-refractivity contribution < 1.29 is 19.1 Å². The van der Waals surface area contributed by atoms with E-state index in [1.165, 1.54) is 11.9 Å². The number of nitrogens with two attached hydrogens (primary N) is 1. The highest BCUT2D eigenvalue weighted by Crippen LogP contribution is 2.09. The molecule has 98 valence electrons.